The molecule has 0 aliphatic carbocycles. The predicted octanol–water partition coefficient (Wildman–Crippen LogP) is 3.60. The molecule has 3 aromatic rings. The van der Waals surface area contributed by atoms with Crippen molar-refractivity contribution in [3.05, 3.63) is 66.0 Å². The number of hydrogen-bond donors (Lipinski definition) is 1. The fourth-order valence-electron chi connectivity index (χ4n) is 3.59. The minimum Gasteiger partial charge on any atom is -0.337 e. The summed E-state index contributed by atoms with van der Waals surface area (Å²) in [5.41, 5.74) is 2.28. The number of aromatic nitrogens is 4. The van der Waals surface area contributed by atoms with Gasteiger partial charge in [-0.15, -0.1) is 0 Å². The summed E-state index contributed by atoms with van der Waals surface area (Å²) in [5, 5.41) is 3.32. The molecule has 0 spiro atoms. The topological polar surface area (TPSA) is 58.9 Å². The van der Waals surface area contributed by atoms with Crippen molar-refractivity contribution in [2.75, 3.05) is 11.9 Å². The Kier molecular flexibility index (Phi) is 4.67. The molecule has 1 fully saturated rings. The zero-order chi connectivity index (χ0) is 17.9. The monoisotopic (exact) mass is 348 g/mol. The second kappa shape index (κ2) is 7.25. The number of anilines is 2. The number of rotatable bonds is 5. The van der Waals surface area contributed by atoms with E-state index in [9.17, 15) is 0 Å². The summed E-state index contributed by atoms with van der Waals surface area (Å²) in [6.45, 7) is 3.96. The Hall–Kier alpha value is -2.73. The second-order valence-electron chi connectivity index (χ2n) is 6.85. The first-order valence-corrected chi connectivity index (χ1v) is 9.06. The van der Waals surface area contributed by atoms with Crippen LogP contribution in [0.3, 0.4) is 0 Å². The van der Waals surface area contributed by atoms with Gasteiger partial charge in [0.15, 0.2) is 0 Å². The van der Waals surface area contributed by atoms with Gasteiger partial charge in [0.1, 0.15) is 17.5 Å². The molecule has 6 nitrogen and oxygen atoms in total. The van der Waals surface area contributed by atoms with Crippen LogP contribution in [0.5, 0.6) is 0 Å². The molecule has 1 aliphatic heterocycles. The van der Waals surface area contributed by atoms with Crippen LogP contribution in [0.2, 0.25) is 0 Å². The summed E-state index contributed by atoms with van der Waals surface area (Å²) in [5.74, 6) is 2.77. The quantitative estimate of drug-likeness (QED) is 0.763. The first kappa shape index (κ1) is 16.7. The van der Waals surface area contributed by atoms with Gasteiger partial charge in [-0.1, -0.05) is 6.07 Å². The van der Waals surface area contributed by atoms with Gasteiger partial charge in [-0.25, -0.2) is 15.0 Å². The number of imidazole rings is 1. The lowest BCUT2D eigenvalue weighted by atomic mass is 10.1. The molecule has 1 aliphatic rings. The van der Waals surface area contributed by atoms with Gasteiger partial charge in [-0.3, -0.25) is 4.90 Å². The van der Waals surface area contributed by atoms with E-state index in [1.54, 1.807) is 0 Å². The predicted molar refractivity (Wildman–Crippen MR) is 102 cm³/mol. The van der Waals surface area contributed by atoms with Crippen molar-refractivity contribution in [3.8, 4) is 0 Å². The Balaban J connectivity index is 1.52. The van der Waals surface area contributed by atoms with E-state index in [0.29, 0.717) is 6.04 Å². The van der Waals surface area contributed by atoms with E-state index in [-0.39, 0.29) is 0 Å². The minimum absolute atomic E-state index is 0.403. The fourth-order valence-corrected chi connectivity index (χ4v) is 3.59. The summed E-state index contributed by atoms with van der Waals surface area (Å²) in [7, 11) is 2.05. The van der Waals surface area contributed by atoms with Crippen LogP contribution in [0, 0.1) is 6.92 Å². The van der Waals surface area contributed by atoms with E-state index in [1.807, 2.05) is 43.7 Å². The van der Waals surface area contributed by atoms with Crippen molar-refractivity contribution in [3.63, 3.8) is 0 Å². The summed E-state index contributed by atoms with van der Waals surface area (Å²) in [4.78, 5) is 15.9. The van der Waals surface area contributed by atoms with E-state index >= 15 is 0 Å². The molecule has 0 radical (unpaired) electrons. The highest BCUT2D eigenvalue weighted by molar-refractivity contribution is 5.52. The maximum atomic E-state index is 4.50. The number of aryl methyl sites for hydroxylation is 2. The third kappa shape index (κ3) is 3.60. The smallest absolute Gasteiger partial charge is 0.131 e. The summed E-state index contributed by atoms with van der Waals surface area (Å²) >= 11 is 0. The molecule has 1 atom stereocenters. The van der Waals surface area contributed by atoms with E-state index in [1.165, 1.54) is 12.0 Å². The molecule has 1 saturated heterocycles. The molecule has 4 rings (SSSR count). The first-order chi connectivity index (χ1) is 12.7. The van der Waals surface area contributed by atoms with Crippen molar-refractivity contribution >= 4 is 11.6 Å². The normalized spacial score (nSPS) is 17.5. The molecule has 0 bridgehead atoms. The number of pyridine rings is 2. The highest BCUT2D eigenvalue weighted by Crippen LogP contribution is 2.33. The third-order valence-electron chi connectivity index (χ3n) is 4.94. The SMILES string of the molecule is Cc1cccc(Nc2cc(C3CCCN3Cc3nccn3C)ccn2)n1. The fraction of sp³-hybridized carbons (Fsp3) is 0.350. The number of nitrogens with zero attached hydrogens (tertiary/aromatic N) is 5. The average molecular weight is 348 g/mol. The Morgan fingerprint density at radius 3 is 2.88 bits per heavy atom. The van der Waals surface area contributed by atoms with E-state index in [4.69, 9.17) is 0 Å². The van der Waals surface area contributed by atoms with Crippen molar-refractivity contribution in [1.82, 2.24) is 24.4 Å². The maximum absolute atomic E-state index is 4.50. The number of likely N-dealkylation sites (tertiary alicyclic amines) is 1. The van der Waals surface area contributed by atoms with Crippen molar-refractivity contribution in [2.45, 2.75) is 32.4 Å². The molecular weight excluding hydrogens is 324 g/mol. The Morgan fingerprint density at radius 2 is 2.08 bits per heavy atom. The lowest BCUT2D eigenvalue weighted by Gasteiger charge is -2.24. The first-order valence-electron chi connectivity index (χ1n) is 9.06. The van der Waals surface area contributed by atoms with Crippen LogP contribution in [0.15, 0.2) is 48.9 Å². The molecule has 1 unspecified atom stereocenters. The summed E-state index contributed by atoms with van der Waals surface area (Å²) in [6.07, 6.45) is 8.12. The van der Waals surface area contributed by atoms with Gasteiger partial charge in [0, 0.05) is 37.4 Å². The Morgan fingerprint density at radius 1 is 1.15 bits per heavy atom. The van der Waals surface area contributed by atoms with Gasteiger partial charge in [-0.2, -0.15) is 0 Å². The molecule has 6 heteroatoms. The van der Waals surface area contributed by atoms with E-state index < -0.39 is 0 Å². The third-order valence-corrected chi connectivity index (χ3v) is 4.94. The number of hydrogen-bond acceptors (Lipinski definition) is 5. The van der Waals surface area contributed by atoms with Crippen LogP contribution in [0.1, 0.15) is 36.0 Å². The van der Waals surface area contributed by atoms with Gasteiger partial charge in [0.25, 0.3) is 0 Å². The van der Waals surface area contributed by atoms with Crippen LogP contribution >= 0.6 is 0 Å². The zero-order valence-corrected chi connectivity index (χ0v) is 15.3. The average Bonchev–Trinajstić information content (AvgIpc) is 3.25. The number of nitrogens with one attached hydrogen (secondary N) is 1. The lowest BCUT2D eigenvalue weighted by Crippen LogP contribution is -2.24. The van der Waals surface area contributed by atoms with Crippen LogP contribution in [0.25, 0.3) is 0 Å². The Labute approximate surface area is 153 Å². The second-order valence-corrected chi connectivity index (χ2v) is 6.85. The van der Waals surface area contributed by atoms with Crippen molar-refractivity contribution in [1.29, 1.82) is 0 Å². The van der Waals surface area contributed by atoms with E-state index in [0.717, 1.165) is 42.7 Å². The largest absolute Gasteiger partial charge is 0.337 e. The van der Waals surface area contributed by atoms with Crippen molar-refractivity contribution in [2.24, 2.45) is 7.05 Å². The molecule has 0 aromatic carbocycles. The molecular formula is C20H24N6. The lowest BCUT2D eigenvalue weighted by molar-refractivity contribution is 0.240. The van der Waals surface area contributed by atoms with Crippen LogP contribution in [-0.4, -0.2) is 31.0 Å². The van der Waals surface area contributed by atoms with Gasteiger partial charge >= 0.3 is 0 Å². The summed E-state index contributed by atoms with van der Waals surface area (Å²) < 4.78 is 2.10. The molecule has 0 saturated carbocycles. The van der Waals surface area contributed by atoms with Gasteiger partial charge in [0.05, 0.1) is 6.54 Å². The standard InChI is InChI=1S/C20H24N6/c1-15-5-3-7-18(23-15)24-19-13-16(8-9-21-19)17-6-4-11-26(17)14-20-22-10-12-25(20)2/h3,5,7-10,12-13,17H,4,6,11,14H2,1-2H3,(H,21,23,24). The molecule has 1 N–H and O–H groups in total. The van der Waals surface area contributed by atoms with E-state index in [2.05, 4.69) is 48.9 Å². The summed E-state index contributed by atoms with van der Waals surface area (Å²) in [6, 6.07) is 10.6. The van der Waals surface area contributed by atoms with Gasteiger partial charge in [-0.05, 0) is 56.1 Å². The van der Waals surface area contributed by atoms with Crippen LogP contribution < -0.4 is 5.32 Å². The highest BCUT2D eigenvalue weighted by Gasteiger charge is 2.27. The molecule has 4 heterocycles. The van der Waals surface area contributed by atoms with Gasteiger partial charge < -0.3 is 9.88 Å². The minimum atomic E-state index is 0.403. The molecule has 0 amide bonds. The Bertz CT molecular complexity index is 887. The molecule has 134 valence electrons. The van der Waals surface area contributed by atoms with Gasteiger partial charge in [0.2, 0.25) is 0 Å². The molecule has 3 aromatic heterocycles. The highest BCUT2D eigenvalue weighted by atomic mass is 15.2. The van der Waals surface area contributed by atoms with Crippen LogP contribution in [-0.2, 0) is 13.6 Å². The maximum Gasteiger partial charge on any atom is 0.131 e. The molecule has 26 heavy (non-hydrogen) atoms. The van der Waals surface area contributed by atoms with Crippen LogP contribution in [0.4, 0.5) is 11.6 Å². The zero-order valence-electron chi connectivity index (χ0n) is 15.3. The van der Waals surface area contributed by atoms with Crippen molar-refractivity contribution < 1.29 is 0 Å².